The van der Waals surface area contributed by atoms with Gasteiger partial charge in [-0.2, -0.15) is 0 Å². The molecule has 74 valence electrons. The molecule has 2 heterocycles. The van der Waals surface area contributed by atoms with Gasteiger partial charge in [-0.05, 0) is 26.0 Å². The molecule has 0 atom stereocenters. The molecule has 2 rings (SSSR count). The molecular weight excluding hydrogens is 198 g/mol. The molecule has 0 N–H and O–H groups in total. The Kier molecular flexibility index (Phi) is 2.29. The largest absolute Gasteiger partial charge is 0.486 e. The second-order valence-corrected chi connectivity index (χ2v) is 3.97. The molecule has 2 aromatic heterocycles. The van der Waals surface area contributed by atoms with E-state index in [0.29, 0.717) is 0 Å². The fraction of sp³-hybridized carbons (Fsp3) is 0.300. The summed E-state index contributed by atoms with van der Waals surface area (Å²) in [4.78, 5) is 4.36. The molecule has 0 unspecified atom stereocenters. The molecule has 0 radical (unpaired) electrons. The van der Waals surface area contributed by atoms with Gasteiger partial charge < -0.3 is 9.15 Å². The zero-order valence-corrected chi connectivity index (χ0v) is 9.14. The number of hydrogen-bond acceptors (Lipinski definition) is 4. The Morgan fingerprint density at radius 3 is 2.64 bits per heavy atom. The molecule has 4 heteroatoms. The highest BCUT2D eigenvalue weighted by Gasteiger charge is 2.11. The first-order valence-corrected chi connectivity index (χ1v) is 5.10. The summed E-state index contributed by atoms with van der Waals surface area (Å²) in [5, 5.41) is 1.71. The highest BCUT2D eigenvalue weighted by molar-refractivity contribution is 7.16. The maximum atomic E-state index is 5.47. The van der Waals surface area contributed by atoms with Crippen molar-refractivity contribution in [2.24, 2.45) is 0 Å². The topological polar surface area (TPSA) is 35.3 Å². The molecule has 3 nitrogen and oxygen atoms in total. The van der Waals surface area contributed by atoms with Crippen LogP contribution in [0.5, 0.6) is 5.06 Å². The number of aryl methyl sites for hydroxylation is 2. The Balaban J connectivity index is 2.42. The van der Waals surface area contributed by atoms with E-state index in [1.54, 1.807) is 7.11 Å². The predicted octanol–water partition coefficient (Wildman–Crippen LogP) is 3.03. The number of aromatic nitrogens is 1. The SMILES string of the molecule is COc1sc(-c2ccc(C)o2)nc1C. The second kappa shape index (κ2) is 3.46. The van der Waals surface area contributed by atoms with E-state index in [1.165, 1.54) is 11.3 Å². The van der Waals surface area contributed by atoms with Gasteiger partial charge >= 0.3 is 0 Å². The van der Waals surface area contributed by atoms with Gasteiger partial charge in [0.15, 0.2) is 15.8 Å². The van der Waals surface area contributed by atoms with Crippen LogP contribution in [0.1, 0.15) is 11.5 Å². The Morgan fingerprint density at radius 2 is 2.14 bits per heavy atom. The van der Waals surface area contributed by atoms with Gasteiger partial charge in [0, 0.05) is 0 Å². The summed E-state index contributed by atoms with van der Waals surface area (Å²) >= 11 is 1.50. The Hall–Kier alpha value is -1.29. The van der Waals surface area contributed by atoms with E-state index in [9.17, 15) is 0 Å². The molecule has 0 aliphatic heterocycles. The molecule has 0 saturated carbocycles. The molecule has 0 amide bonds. The number of thiazole rings is 1. The van der Waals surface area contributed by atoms with Crippen LogP contribution in [0, 0.1) is 13.8 Å². The number of furan rings is 1. The minimum atomic E-state index is 0.805. The average Bonchev–Trinajstić information content (AvgIpc) is 2.71. The van der Waals surface area contributed by atoms with E-state index in [0.717, 1.165) is 27.3 Å². The zero-order valence-electron chi connectivity index (χ0n) is 8.33. The van der Waals surface area contributed by atoms with Crippen molar-refractivity contribution in [3.05, 3.63) is 23.6 Å². The Bertz CT molecular complexity index is 445. The smallest absolute Gasteiger partial charge is 0.197 e. The molecular formula is C10H11NO2S. The van der Waals surface area contributed by atoms with Crippen molar-refractivity contribution in [3.63, 3.8) is 0 Å². The van der Waals surface area contributed by atoms with E-state index in [-0.39, 0.29) is 0 Å². The lowest BCUT2D eigenvalue weighted by Gasteiger charge is -1.90. The normalized spacial score (nSPS) is 10.5. The van der Waals surface area contributed by atoms with Gasteiger partial charge in [-0.1, -0.05) is 11.3 Å². The average molecular weight is 209 g/mol. The molecule has 0 aromatic carbocycles. The van der Waals surface area contributed by atoms with E-state index >= 15 is 0 Å². The molecule has 0 aliphatic rings. The highest BCUT2D eigenvalue weighted by Crippen LogP contribution is 2.33. The van der Waals surface area contributed by atoms with Crippen LogP contribution in [0.4, 0.5) is 0 Å². The second-order valence-electron chi connectivity index (χ2n) is 3.01. The summed E-state index contributed by atoms with van der Waals surface area (Å²) < 4.78 is 10.6. The summed E-state index contributed by atoms with van der Waals surface area (Å²) in [7, 11) is 1.65. The zero-order chi connectivity index (χ0) is 10.1. The number of rotatable bonds is 2. The van der Waals surface area contributed by atoms with Gasteiger partial charge in [-0.25, -0.2) is 4.98 Å². The standard InChI is InChI=1S/C10H11NO2S/c1-6-4-5-8(13-6)9-11-7(2)10(12-3)14-9/h4-5H,1-3H3. The van der Waals surface area contributed by atoms with Crippen LogP contribution in [0.3, 0.4) is 0 Å². The van der Waals surface area contributed by atoms with Crippen molar-refractivity contribution in [3.8, 4) is 15.8 Å². The van der Waals surface area contributed by atoms with Crippen molar-refractivity contribution in [1.82, 2.24) is 4.98 Å². The molecule has 0 spiro atoms. The lowest BCUT2D eigenvalue weighted by atomic mass is 10.4. The van der Waals surface area contributed by atoms with Gasteiger partial charge in [-0.15, -0.1) is 0 Å². The first kappa shape index (κ1) is 9.27. The summed E-state index contributed by atoms with van der Waals surface area (Å²) in [6.07, 6.45) is 0. The lowest BCUT2D eigenvalue weighted by Crippen LogP contribution is -1.80. The minimum Gasteiger partial charge on any atom is -0.486 e. The van der Waals surface area contributed by atoms with Crippen LogP contribution in [-0.2, 0) is 0 Å². The van der Waals surface area contributed by atoms with Crippen LogP contribution < -0.4 is 4.74 Å². The summed E-state index contributed by atoms with van der Waals surface area (Å²) in [6, 6.07) is 3.85. The quantitative estimate of drug-likeness (QED) is 0.762. The number of nitrogens with zero attached hydrogens (tertiary/aromatic N) is 1. The first-order valence-electron chi connectivity index (χ1n) is 4.29. The van der Waals surface area contributed by atoms with Crippen molar-refractivity contribution >= 4 is 11.3 Å². The van der Waals surface area contributed by atoms with Crippen LogP contribution in [-0.4, -0.2) is 12.1 Å². The monoisotopic (exact) mass is 209 g/mol. The molecule has 0 bridgehead atoms. The third kappa shape index (κ3) is 1.53. The van der Waals surface area contributed by atoms with E-state index in [2.05, 4.69) is 4.98 Å². The van der Waals surface area contributed by atoms with Crippen molar-refractivity contribution < 1.29 is 9.15 Å². The number of hydrogen-bond donors (Lipinski definition) is 0. The van der Waals surface area contributed by atoms with Crippen LogP contribution in [0.25, 0.3) is 10.8 Å². The molecule has 0 aliphatic carbocycles. The minimum absolute atomic E-state index is 0.805. The Labute approximate surface area is 86.4 Å². The Morgan fingerprint density at radius 1 is 1.36 bits per heavy atom. The number of methoxy groups -OCH3 is 1. The van der Waals surface area contributed by atoms with Gasteiger partial charge in [0.2, 0.25) is 0 Å². The van der Waals surface area contributed by atoms with Gasteiger partial charge in [0.1, 0.15) is 5.76 Å². The van der Waals surface area contributed by atoms with Gasteiger partial charge in [0.25, 0.3) is 0 Å². The molecule has 14 heavy (non-hydrogen) atoms. The van der Waals surface area contributed by atoms with E-state index in [4.69, 9.17) is 9.15 Å². The summed E-state index contributed by atoms with van der Waals surface area (Å²) in [5.74, 6) is 1.70. The van der Waals surface area contributed by atoms with Crippen LogP contribution >= 0.6 is 11.3 Å². The fourth-order valence-electron chi connectivity index (χ4n) is 1.23. The van der Waals surface area contributed by atoms with Gasteiger partial charge in [0.05, 0.1) is 12.8 Å². The van der Waals surface area contributed by atoms with Crippen molar-refractivity contribution in [2.75, 3.05) is 7.11 Å². The van der Waals surface area contributed by atoms with E-state index < -0.39 is 0 Å². The van der Waals surface area contributed by atoms with Crippen LogP contribution in [0.2, 0.25) is 0 Å². The van der Waals surface area contributed by atoms with Crippen molar-refractivity contribution in [1.29, 1.82) is 0 Å². The third-order valence-electron chi connectivity index (χ3n) is 1.89. The van der Waals surface area contributed by atoms with Crippen LogP contribution in [0.15, 0.2) is 16.5 Å². The first-order chi connectivity index (χ1) is 6.70. The fourth-order valence-corrected chi connectivity index (χ4v) is 2.07. The molecule has 2 aromatic rings. The maximum Gasteiger partial charge on any atom is 0.197 e. The highest BCUT2D eigenvalue weighted by atomic mass is 32.1. The molecule has 0 fully saturated rings. The van der Waals surface area contributed by atoms with Crippen molar-refractivity contribution in [2.45, 2.75) is 13.8 Å². The third-order valence-corrected chi connectivity index (χ3v) is 3.02. The maximum absolute atomic E-state index is 5.47. The van der Waals surface area contributed by atoms with E-state index in [1.807, 2.05) is 26.0 Å². The van der Waals surface area contributed by atoms with Gasteiger partial charge in [-0.3, -0.25) is 0 Å². The number of ether oxygens (including phenoxy) is 1. The molecule has 0 saturated heterocycles. The summed E-state index contributed by atoms with van der Waals surface area (Å²) in [6.45, 7) is 3.84. The predicted molar refractivity (Wildman–Crippen MR) is 55.8 cm³/mol. The summed E-state index contributed by atoms with van der Waals surface area (Å²) in [5.41, 5.74) is 0.904. The lowest BCUT2D eigenvalue weighted by molar-refractivity contribution is 0.423.